The van der Waals surface area contributed by atoms with Crippen LogP contribution in [-0.4, -0.2) is 9.55 Å². The minimum atomic E-state index is -3.39. The fourth-order valence-corrected chi connectivity index (χ4v) is 0.685. The normalized spacial score (nSPS) is 22.2. The summed E-state index contributed by atoms with van der Waals surface area (Å²) in [4.78, 5) is 24.2. The number of nitrogens with zero attached hydrogens (tertiary/aromatic N) is 1. The summed E-state index contributed by atoms with van der Waals surface area (Å²) in [5.74, 6) is -0.674. The van der Waals surface area contributed by atoms with E-state index in [2.05, 4.69) is 0 Å². The molecule has 1 rings (SSSR count). The smallest absolute Gasteiger partial charge is 0.329 e. The molecule has 0 radical (unpaired) electrons. The minimum absolute atomic E-state index is 0.0702. The molecule has 0 aliphatic carbocycles. The Hall–Kier alpha value is -1.52. The van der Waals surface area contributed by atoms with Crippen LogP contribution in [0.2, 0.25) is 0 Å². The summed E-state index contributed by atoms with van der Waals surface area (Å²) in [5.41, 5.74) is 3.07. The molecule has 66 valence electrons. The zero-order chi connectivity index (χ0) is 15.2. The molecule has 5 nitrogen and oxygen atoms in total. The molecule has 0 atom stereocenters. The zero-order valence-corrected chi connectivity index (χ0v) is 5.92. The Labute approximate surface area is 78.7 Å². The van der Waals surface area contributed by atoms with E-state index < -0.39 is 36.8 Å². The maximum atomic E-state index is 11.5. The van der Waals surface area contributed by atoms with Gasteiger partial charge in [0.25, 0.3) is 5.56 Å². The quantitative estimate of drug-likeness (QED) is 0.639. The van der Waals surface area contributed by atoms with E-state index in [1.54, 1.807) is 4.98 Å². The summed E-state index contributed by atoms with van der Waals surface area (Å²) in [5, 5.41) is 0. The third-order valence-electron chi connectivity index (χ3n) is 1.14. The lowest BCUT2D eigenvalue weighted by molar-refractivity contribution is 0.641. The molecule has 0 unspecified atom stereocenters. The summed E-state index contributed by atoms with van der Waals surface area (Å²) < 4.78 is 51.0. The molecular formula is C7H11N3O2. The highest BCUT2D eigenvalue weighted by molar-refractivity contribution is 5.25. The molecule has 0 aliphatic rings. The van der Waals surface area contributed by atoms with E-state index in [1.807, 2.05) is 0 Å². The average molecular weight is 176 g/mol. The molecule has 0 bridgehead atoms. The summed E-state index contributed by atoms with van der Waals surface area (Å²) in [6, 6.07) is 0.662. The molecule has 0 aromatic carbocycles. The first-order chi connectivity index (χ1) is 8.32. The number of aromatic nitrogens is 2. The van der Waals surface area contributed by atoms with Crippen molar-refractivity contribution in [3.63, 3.8) is 0 Å². The van der Waals surface area contributed by atoms with E-state index in [4.69, 9.17) is 15.3 Å². The average Bonchev–Trinajstić information content (AvgIpc) is 2.12. The monoisotopic (exact) mass is 176 g/mol. The number of hydrogen-bond acceptors (Lipinski definition) is 3. The Morgan fingerprint density at radius 3 is 3.17 bits per heavy atom. The van der Waals surface area contributed by atoms with Crippen LogP contribution in [0.3, 0.4) is 0 Å². The van der Waals surface area contributed by atoms with E-state index >= 15 is 0 Å². The number of H-pyrrole nitrogens is 1. The first kappa shape index (κ1) is 3.08. The maximum absolute atomic E-state index is 11.5. The fraction of sp³-hybridized carbons (Fsp3) is 0.429. The van der Waals surface area contributed by atoms with Gasteiger partial charge >= 0.3 is 5.69 Å². The van der Waals surface area contributed by atoms with Crippen LogP contribution in [0.1, 0.15) is 22.8 Å². The summed E-state index contributed by atoms with van der Waals surface area (Å²) in [6.07, 6.45) is -3.39. The van der Waals surface area contributed by atoms with Crippen LogP contribution < -0.4 is 17.0 Å². The van der Waals surface area contributed by atoms with Gasteiger partial charge in [-0.25, -0.2) is 4.79 Å². The topological polar surface area (TPSA) is 80.9 Å². The molecule has 5 heteroatoms. The van der Waals surface area contributed by atoms with E-state index in [9.17, 15) is 9.59 Å². The third-order valence-corrected chi connectivity index (χ3v) is 1.14. The lowest BCUT2D eigenvalue weighted by Crippen LogP contribution is -2.31. The van der Waals surface area contributed by atoms with Crippen LogP contribution >= 0.6 is 0 Å². The molecule has 1 aromatic rings. The molecule has 3 N–H and O–H groups in total. The van der Waals surface area contributed by atoms with Crippen LogP contribution in [0.15, 0.2) is 15.7 Å². The van der Waals surface area contributed by atoms with Gasteiger partial charge in [0, 0.05) is 22.2 Å². The van der Waals surface area contributed by atoms with Gasteiger partial charge in [0.2, 0.25) is 0 Å². The van der Waals surface area contributed by atoms with E-state index in [0.29, 0.717) is 6.07 Å². The Kier molecular flexibility index (Phi) is 0.835. The van der Waals surface area contributed by atoms with E-state index in [-0.39, 0.29) is 4.57 Å². The Morgan fingerprint density at radius 2 is 2.58 bits per heavy atom. The first-order valence-corrected chi connectivity index (χ1v) is 2.95. The van der Waals surface area contributed by atoms with Crippen molar-refractivity contribution in [2.45, 2.75) is 19.7 Å². The number of nitrogens with one attached hydrogen (secondary N) is 1. The van der Waals surface area contributed by atoms with Crippen LogP contribution in [0.4, 0.5) is 5.82 Å². The molecular weight excluding hydrogens is 158 g/mol. The van der Waals surface area contributed by atoms with Crippen molar-refractivity contribution < 1.29 is 9.60 Å². The van der Waals surface area contributed by atoms with Gasteiger partial charge in [0.1, 0.15) is 5.82 Å². The Morgan fingerprint density at radius 1 is 1.83 bits per heavy atom. The van der Waals surface area contributed by atoms with Crippen molar-refractivity contribution in [1.82, 2.24) is 9.55 Å². The van der Waals surface area contributed by atoms with Crippen molar-refractivity contribution >= 4 is 5.82 Å². The molecule has 1 heterocycles. The van der Waals surface area contributed by atoms with E-state index in [1.165, 1.54) is 0 Å². The number of rotatable bonds is 2. The van der Waals surface area contributed by atoms with Crippen molar-refractivity contribution in [1.29, 1.82) is 0 Å². The van der Waals surface area contributed by atoms with Crippen molar-refractivity contribution in [2.75, 3.05) is 5.73 Å². The van der Waals surface area contributed by atoms with Gasteiger partial charge in [-0.2, -0.15) is 0 Å². The van der Waals surface area contributed by atoms with Crippen LogP contribution in [0.25, 0.3) is 0 Å². The summed E-state index contributed by atoms with van der Waals surface area (Å²) >= 11 is 0. The highest BCUT2D eigenvalue weighted by Gasteiger charge is 1.99. The second kappa shape index (κ2) is 3.25. The lowest BCUT2D eigenvalue weighted by atomic mass is 10.4. The molecule has 0 amide bonds. The van der Waals surface area contributed by atoms with Gasteiger partial charge < -0.3 is 5.73 Å². The highest BCUT2D eigenvalue weighted by atomic mass is 16.2. The first-order valence-electron chi connectivity index (χ1n) is 6.45. The Balaban J connectivity index is 3.62. The molecule has 0 spiro atoms. The molecule has 0 saturated carbocycles. The van der Waals surface area contributed by atoms with Crippen LogP contribution in [0, 0.1) is 0 Å². The highest BCUT2D eigenvalue weighted by Crippen LogP contribution is 1.93. The SMILES string of the molecule is [2H]C([2H])([2H])C([2H])([2H])C([2H])([2H])n1c(N)cc(=O)[nH]c1=O. The lowest BCUT2D eigenvalue weighted by Gasteiger charge is -2.04. The van der Waals surface area contributed by atoms with Gasteiger partial charge in [-0.05, 0) is 6.37 Å². The molecule has 0 saturated heterocycles. The third kappa shape index (κ3) is 1.55. The molecule has 12 heavy (non-hydrogen) atoms. The van der Waals surface area contributed by atoms with Crippen LogP contribution in [-0.2, 0) is 6.50 Å². The van der Waals surface area contributed by atoms with Gasteiger partial charge in [-0.15, -0.1) is 0 Å². The second-order valence-corrected chi connectivity index (χ2v) is 1.94. The second-order valence-electron chi connectivity index (χ2n) is 1.94. The van der Waals surface area contributed by atoms with Crippen LogP contribution in [0.5, 0.6) is 0 Å². The van der Waals surface area contributed by atoms with Gasteiger partial charge in [-0.1, -0.05) is 6.85 Å². The predicted octanol–water partition coefficient (Wildman–Crippen LogP) is -0.471. The predicted molar refractivity (Wildman–Crippen MR) is 46.0 cm³/mol. The number of nitrogens with two attached hydrogens (primary N) is 1. The fourth-order valence-electron chi connectivity index (χ4n) is 0.685. The number of aromatic amines is 1. The molecule has 1 aromatic heterocycles. The van der Waals surface area contributed by atoms with Gasteiger partial charge in [0.05, 0.1) is 0 Å². The largest absolute Gasteiger partial charge is 0.385 e. The number of hydrogen-bond donors (Lipinski definition) is 2. The zero-order valence-electron chi connectivity index (χ0n) is 12.9. The summed E-state index contributed by atoms with van der Waals surface area (Å²) in [7, 11) is 0. The maximum Gasteiger partial charge on any atom is 0.329 e. The van der Waals surface area contributed by atoms with Crippen molar-refractivity contribution in [3.05, 3.63) is 26.9 Å². The summed E-state index contributed by atoms with van der Waals surface area (Å²) in [6.45, 7) is -6.61. The Bertz CT molecular complexity index is 600. The van der Waals surface area contributed by atoms with E-state index in [0.717, 1.165) is 0 Å². The van der Waals surface area contributed by atoms with Crippen molar-refractivity contribution in [3.8, 4) is 0 Å². The minimum Gasteiger partial charge on any atom is -0.385 e. The van der Waals surface area contributed by atoms with Crippen molar-refractivity contribution in [2.24, 2.45) is 0 Å². The number of nitrogen functional groups attached to an aromatic ring is 1. The molecule has 0 fully saturated rings. The van der Waals surface area contributed by atoms with Gasteiger partial charge in [0.15, 0.2) is 0 Å². The number of anilines is 1. The molecule has 0 aliphatic heterocycles. The van der Waals surface area contributed by atoms with Gasteiger partial charge in [-0.3, -0.25) is 14.3 Å². The standard InChI is InChI=1S/C7H11N3O2/c1-2-3-10-5(8)4-6(11)9-7(10)12/h4H,2-3,8H2,1H3,(H,9,11,12)/i1D3,2D2,3D2.